The minimum Gasteiger partial charge on any atom is -0.408 e. The fraction of sp³-hybridized carbons (Fsp3) is 0.500. The van der Waals surface area contributed by atoms with Gasteiger partial charge in [0, 0.05) is 51.0 Å². The zero-order chi connectivity index (χ0) is 16.5. The van der Waals surface area contributed by atoms with Gasteiger partial charge in [0.1, 0.15) is 0 Å². The summed E-state index contributed by atoms with van der Waals surface area (Å²) in [5, 5.41) is 0. The van der Waals surface area contributed by atoms with E-state index in [1.54, 1.807) is 0 Å². The Labute approximate surface area is 138 Å². The third-order valence-electron chi connectivity index (χ3n) is 4.60. The molecule has 8 nitrogen and oxygen atoms in total. The summed E-state index contributed by atoms with van der Waals surface area (Å²) in [4.78, 5) is 32.4. The fourth-order valence-corrected chi connectivity index (χ4v) is 3.24. The minimum absolute atomic E-state index is 0.102. The Bertz CT molecular complexity index is 785. The van der Waals surface area contributed by atoms with Crippen LogP contribution < -0.4 is 10.7 Å². The van der Waals surface area contributed by atoms with Gasteiger partial charge in [-0.3, -0.25) is 4.98 Å². The summed E-state index contributed by atoms with van der Waals surface area (Å²) < 4.78 is 10.4. The molecule has 2 fully saturated rings. The van der Waals surface area contributed by atoms with Crippen LogP contribution in [0.4, 0.5) is 10.5 Å². The molecule has 4 rings (SSSR count). The van der Waals surface area contributed by atoms with Crippen LogP contribution in [0.3, 0.4) is 0 Å². The molecule has 0 radical (unpaired) electrons. The van der Waals surface area contributed by atoms with Crippen LogP contribution in [-0.2, 0) is 4.74 Å². The van der Waals surface area contributed by atoms with E-state index in [0.29, 0.717) is 50.5 Å². The number of urea groups is 1. The number of H-pyrrole nitrogens is 1. The highest BCUT2D eigenvalue weighted by atomic mass is 16.5. The van der Waals surface area contributed by atoms with E-state index in [2.05, 4.69) is 9.88 Å². The number of hydrogen-bond acceptors (Lipinski definition) is 5. The molecule has 3 heterocycles. The van der Waals surface area contributed by atoms with Crippen molar-refractivity contribution in [3.8, 4) is 0 Å². The number of oxazole rings is 1. The lowest BCUT2D eigenvalue weighted by molar-refractivity contribution is 0.0428. The second-order valence-electron chi connectivity index (χ2n) is 6.05. The van der Waals surface area contributed by atoms with E-state index in [0.717, 1.165) is 18.8 Å². The number of hydrogen-bond donors (Lipinski definition) is 1. The molecular weight excluding hydrogens is 312 g/mol. The normalized spacial score (nSPS) is 19.1. The van der Waals surface area contributed by atoms with Gasteiger partial charge in [-0.15, -0.1) is 0 Å². The van der Waals surface area contributed by atoms with Crippen molar-refractivity contribution in [3.05, 3.63) is 28.7 Å². The van der Waals surface area contributed by atoms with E-state index in [9.17, 15) is 9.59 Å². The zero-order valence-corrected chi connectivity index (χ0v) is 13.4. The van der Waals surface area contributed by atoms with Crippen LogP contribution in [0.5, 0.6) is 0 Å². The van der Waals surface area contributed by atoms with Gasteiger partial charge in [-0.05, 0) is 12.1 Å². The highest BCUT2D eigenvalue weighted by Gasteiger charge is 2.26. The first kappa shape index (κ1) is 15.1. The second kappa shape index (κ2) is 6.20. The van der Waals surface area contributed by atoms with E-state index in [1.807, 2.05) is 28.0 Å². The van der Waals surface area contributed by atoms with E-state index in [-0.39, 0.29) is 6.03 Å². The molecule has 2 aliphatic heterocycles. The maximum Gasteiger partial charge on any atom is 0.417 e. The predicted octanol–water partition coefficient (Wildman–Crippen LogP) is 0.695. The highest BCUT2D eigenvalue weighted by Crippen LogP contribution is 2.22. The predicted molar refractivity (Wildman–Crippen MR) is 88.4 cm³/mol. The molecule has 2 amide bonds. The van der Waals surface area contributed by atoms with E-state index < -0.39 is 5.76 Å². The summed E-state index contributed by atoms with van der Waals surface area (Å²) in [7, 11) is 0. The number of rotatable bonds is 1. The molecule has 1 N–H and O–H groups in total. The first-order chi connectivity index (χ1) is 11.7. The number of ether oxygens (including phenoxy) is 1. The SMILES string of the molecule is O=C(N1CCOCC1)N1CCN(c2ccc3[nH]c(=O)oc3c2)CC1. The molecule has 1 aromatic carbocycles. The number of piperazine rings is 1. The molecule has 0 spiro atoms. The Hall–Kier alpha value is -2.48. The number of fused-ring (bicyclic) bond motifs is 1. The summed E-state index contributed by atoms with van der Waals surface area (Å²) in [6, 6.07) is 5.78. The lowest BCUT2D eigenvalue weighted by Crippen LogP contribution is -2.54. The Balaban J connectivity index is 1.41. The minimum atomic E-state index is -0.442. The van der Waals surface area contributed by atoms with Gasteiger partial charge >= 0.3 is 11.8 Å². The maximum atomic E-state index is 12.5. The van der Waals surface area contributed by atoms with E-state index in [1.165, 1.54) is 0 Å². The van der Waals surface area contributed by atoms with Crippen molar-refractivity contribution < 1.29 is 13.9 Å². The Morgan fingerprint density at radius 2 is 1.71 bits per heavy atom. The molecule has 24 heavy (non-hydrogen) atoms. The van der Waals surface area contributed by atoms with Crippen molar-refractivity contribution in [3.63, 3.8) is 0 Å². The number of aromatic amines is 1. The van der Waals surface area contributed by atoms with Crippen LogP contribution in [0, 0.1) is 0 Å². The maximum absolute atomic E-state index is 12.5. The van der Waals surface area contributed by atoms with Gasteiger partial charge in [0.25, 0.3) is 0 Å². The number of nitrogens with zero attached hydrogens (tertiary/aromatic N) is 3. The van der Waals surface area contributed by atoms with Crippen molar-refractivity contribution in [1.29, 1.82) is 0 Å². The number of amides is 2. The topological polar surface area (TPSA) is 82.0 Å². The van der Waals surface area contributed by atoms with Crippen LogP contribution in [0.2, 0.25) is 0 Å². The lowest BCUT2D eigenvalue weighted by Gasteiger charge is -2.39. The number of benzene rings is 1. The molecule has 0 atom stereocenters. The third-order valence-corrected chi connectivity index (χ3v) is 4.60. The van der Waals surface area contributed by atoms with Gasteiger partial charge in [0.2, 0.25) is 0 Å². The van der Waals surface area contributed by atoms with E-state index >= 15 is 0 Å². The quantitative estimate of drug-likeness (QED) is 0.831. The average molecular weight is 332 g/mol. The van der Waals surface area contributed by atoms with Crippen molar-refractivity contribution in [2.75, 3.05) is 57.4 Å². The molecule has 0 bridgehead atoms. The number of carbonyl (C=O) groups excluding carboxylic acids is 1. The smallest absolute Gasteiger partial charge is 0.408 e. The number of carbonyl (C=O) groups is 1. The van der Waals surface area contributed by atoms with Crippen LogP contribution in [0.25, 0.3) is 11.1 Å². The molecule has 2 saturated heterocycles. The van der Waals surface area contributed by atoms with Crippen molar-refractivity contribution >= 4 is 22.8 Å². The molecule has 2 aromatic rings. The Morgan fingerprint density at radius 3 is 2.46 bits per heavy atom. The van der Waals surface area contributed by atoms with Gasteiger partial charge < -0.3 is 23.9 Å². The number of nitrogens with one attached hydrogen (secondary N) is 1. The lowest BCUT2D eigenvalue weighted by atomic mass is 10.2. The second-order valence-corrected chi connectivity index (χ2v) is 6.05. The molecule has 1 aromatic heterocycles. The molecule has 0 aliphatic carbocycles. The summed E-state index contributed by atoms with van der Waals surface area (Å²) in [5.74, 6) is -0.442. The largest absolute Gasteiger partial charge is 0.417 e. The molecule has 0 saturated carbocycles. The molecular formula is C16H20N4O4. The monoisotopic (exact) mass is 332 g/mol. The standard InChI is InChI=1S/C16H20N4O4/c21-15-17-13-2-1-12(11-14(13)24-15)18-3-5-19(6-4-18)16(22)20-7-9-23-10-8-20/h1-2,11H,3-10H2,(H,17,21). The van der Waals surface area contributed by atoms with Crippen LogP contribution in [-0.4, -0.2) is 73.3 Å². The van der Waals surface area contributed by atoms with Crippen molar-refractivity contribution in [2.45, 2.75) is 0 Å². The van der Waals surface area contributed by atoms with Crippen LogP contribution >= 0.6 is 0 Å². The first-order valence-electron chi connectivity index (χ1n) is 8.20. The van der Waals surface area contributed by atoms with Crippen molar-refractivity contribution in [1.82, 2.24) is 14.8 Å². The van der Waals surface area contributed by atoms with Gasteiger partial charge in [0.15, 0.2) is 5.58 Å². The van der Waals surface area contributed by atoms with Gasteiger partial charge in [-0.2, -0.15) is 0 Å². The summed E-state index contributed by atoms with van der Waals surface area (Å²) >= 11 is 0. The number of morpholine rings is 1. The van der Waals surface area contributed by atoms with Crippen molar-refractivity contribution in [2.24, 2.45) is 0 Å². The fourth-order valence-electron chi connectivity index (χ4n) is 3.24. The van der Waals surface area contributed by atoms with Crippen LogP contribution in [0.15, 0.2) is 27.4 Å². The zero-order valence-electron chi connectivity index (χ0n) is 13.4. The molecule has 128 valence electrons. The molecule has 8 heteroatoms. The Morgan fingerprint density at radius 1 is 1.00 bits per heavy atom. The highest BCUT2D eigenvalue weighted by molar-refractivity contribution is 5.78. The van der Waals surface area contributed by atoms with Crippen LogP contribution in [0.1, 0.15) is 0 Å². The summed E-state index contributed by atoms with van der Waals surface area (Å²) in [6.45, 7) is 5.47. The van der Waals surface area contributed by atoms with Gasteiger partial charge in [-0.25, -0.2) is 9.59 Å². The first-order valence-corrected chi connectivity index (χ1v) is 8.20. The Kier molecular flexibility index (Phi) is 3.89. The molecule has 0 unspecified atom stereocenters. The summed E-state index contributed by atoms with van der Waals surface area (Å²) in [5.41, 5.74) is 2.26. The number of aromatic nitrogens is 1. The molecule has 2 aliphatic rings. The average Bonchev–Trinajstić information content (AvgIpc) is 3.01. The van der Waals surface area contributed by atoms with Gasteiger partial charge in [0.05, 0.1) is 18.7 Å². The van der Waals surface area contributed by atoms with Gasteiger partial charge in [-0.1, -0.05) is 0 Å². The number of anilines is 1. The third kappa shape index (κ3) is 2.84. The van der Waals surface area contributed by atoms with E-state index in [4.69, 9.17) is 9.15 Å². The summed E-state index contributed by atoms with van der Waals surface area (Å²) in [6.07, 6.45) is 0.